The van der Waals surface area contributed by atoms with Gasteiger partial charge in [0.15, 0.2) is 0 Å². The van der Waals surface area contributed by atoms with Gasteiger partial charge in [-0.05, 0) is 48.6 Å². The topological polar surface area (TPSA) is 58.6 Å². The van der Waals surface area contributed by atoms with Crippen molar-refractivity contribution in [3.8, 4) is 5.75 Å². The molecule has 5 nitrogen and oxygen atoms in total. The number of nitrogens with zero attached hydrogens (tertiary/aromatic N) is 1. The van der Waals surface area contributed by atoms with Gasteiger partial charge >= 0.3 is 0 Å². The number of rotatable bonds is 11. The summed E-state index contributed by atoms with van der Waals surface area (Å²) in [5.74, 6) is 0.635. The average Bonchev–Trinajstić information content (AvgIpc) is 2.75. The van der Waals surface area contributed by atoms with Crippen LogP contribution in [0.25, 0.3) is 0 Å². The summed E-state index contributed by atoms with van der Waals surface area (Å²) in [7, 11) is 1.63. The van der Waals surface area contributed by atoms with Crippen molar-refractivity contribution in [3.63, 3.8) is 0 Å². The molecule has 0 aliphatic carbocycles. The molecular weight excluding hydrogens is 376 g/mol. The standard InChI is InChI=1S/C25H34N2O3/c1-5-7-16-26-25(29)23(6-2)27(18-20-12-14-22(30-4)15-13-20)24(28)17-21-11-9-8-10-19(21)3/h8-15,23H,5-7,16-18H2,1-4H3,(H,26,29)/t23-/m0/s1. The Bertz CT molecular complexity index is 817. The molecular formula is C25H34N2O3. The second-order valence-corrected chi connectivity index (χ2v) is 7.54. The van der Waals surface area contributed by atoms with Gasteiger partial charge in [0.2, 0.25) is 11.8 Å². The molecule has 0 radical (unpaired) electrons. The third-order valence-electron chi connectivity index (χ3n) is 5.33. The minimum absolute atomic E-state index is 0.0439. The summed E-state index contributed by atoms with van der Waals surface area (Å²) >= 11 is 0. The summed E-state index contributed by atoms with van der Waals surface area (Å²) in [6, 6.07) is 15.0. The van der Waals surface area contributed by atoms with Gasteiger partial charge in [-0.1, -0.05) is 56.7 Å². The van der Waals surface area contributed by atoms with E-state index in [0.29, 0.717) is 19.5 Å². The van der Waals surface area contributed by atoms with Crippen LogP contribution in [0.5, 0.6) is 5.75 Å². The van der Waals surface area contributed by atoms with Gasteiger partial charge in [0.25, 0.3) is 0 Å². The smallest absolute Gasteiger partial charge is 0.242 e. The maximum absolute atomic E-state index is 13.3. The van der Waals surface area contributed by atoms with E-state index in [0.717, 1.165) is 35.3 Å². The zero-order valence-corrected chi connectivity index (χ0v) is 18.6. The molecule has 2 aromatic carbocycles. The number of unbranched alkanes of at least 4 members (excludes halogenated alkanes) is 1. The third kappa shape index (κ3) is 6.61. The SMILES string of the molecule is CCCCNC(=O)[C@H](CC)N(Cc1ccc(OC)cc1)C(=O)Cc1ccccc1C. The Morgan fingerprint density at radius 2 is 1.77 bits per heavy atom. The lowest BCUT2D eigenvalue weighted by Crippen LogP contribution is -2.49. The monoisotopic (exact) mass is 410 g/mol. The molecule has 1 N–H and O–H groups in total. The number of carbonyl (C=O) groups is 2. The first-order chi connectivity index (χ1) is 14.5. The molecule has 30 heavy (non-hydrogen) atoms. The lowest BCUT2D eigenvalue weighted by atomic mass is 10.0. The zero-order valence-electron chi connectivity index (χ0n) is 18.6. The highest BCUT2D eigenvalue weighted by atomic mass is 16.5. The fourth-order valence-corrected chi connectivity index (χ4v) is 3.43. The van der Waals surface area contributed by atoms with E-state index in [1.54, 1.807) is 12.0 Å². The molecule has 5 heteroatoms. The second-order valence-electron chi connectivity index (χ2n) is 7.54. The first-order valence-electron chi connectivity index (χ1n) is 10.7. The van der Waals surface area contributed by atoms with Crippen LogP contribution >= 0.6 is 0 Å². The number of ether oxygens (including phenoxy) is 1. The highest BCUT2D eigenvalue weighted by Gasteiger charge is 2.28. The van der Waals surface area contributed by atoms with Gasteiger partial charge in [-0.3, -0.25) is 9.59 Å². The maximum atomic E-state index is 13.3. The fourth-order valence-electron chi connectivity index (χ4n) is 3.43. The van der Waals surface area contributed by atoms with Gasteiger partial charge < -0.3 is 15.0 Å². The molecule has 0 saturated heterocycles. The first-order valence-corrected chi connectivity index (χ1v) is 10.7. The number of methoxy groups -OCH3 is 1. The molecule has 0 unspecified atom stereocenters. The number of hydrogen-bond donors (Lipinski definition) is 1. The molecule has 2 amide bonds. The number of benzene rings is 2. The lowest BCUT2D eigenvalue weighted by molar-refractivity contribution is -0.140. The van der Waals surface area contributed by atoms with Crippen LogP contribution in [0.2, 0.25) is 0 Å². The van der Waals surface area contributed by atoms with Crippen LogP contribution in [0, 0.1) is 6.92 Å². The van der Waals surface area contributed by atoms with E-state index in [1.165, 1.54) is 0 Å². The van der Waals surface area contributed by atoms with E-state index < -0.39 is 6.04 Å². The number of hydrogen-bond acceptors (Lipinski definition) is 3. The normalized spacial score (nSPS) is 11.6. The fraction of sp³-hybridized carbons (Fsp3) is 0.440. The quantitative estimate of drug-likeness (QED) is 0.563. The Labute approximate surface area is 180 Å². The zero-order chi connectivity index (χ0) is 21.9. The van der Waals surface area contributed by atoms with Crippen LogP contribution in [-0.2, 0) is 22.6 Å². The van der Waals surface area contributed by atoms with Gasteiger partial charge in [0.1, 0.15) is 11.8 Å². The number of nitrogens with one attached hydrogen (secondary N) is 1. The van der Waals surface area contributed by atoms with Crippen molar-refractivity contribution in [2.24, 2.45) is 0 Å². The van der Waals surface area contributed by atoms with Gasteiger partial charge in [0.05, 0.1) is 13.5 Å². The molecule has 1 atom stereocenters. The summed E-state index contributed by atoms with van der Waals surface area (Å²) < 4.78 is 5.23. The van der Waals surface area contributed by atoms with Gasteiger partial charge in [-0.2, -0.15) is 0 Å². The Balaban J connectivity index is 2.25. The van der Waals surface area contributed by atoms with Crippen LogP contribution in [0.4, 0.5) is 0 Å². The Hall–Kier alpha value is -2.82. The highest BCUT2D eigenvalue weighted by Crippen LogP contribution is 2.18. The third-order valence-corrected chi connectivity index (χ3v) is 5.33. The van der Waals surface area contributed by atoms with Crippen molar-refractivity contribution in [1.82, 2.24) is 10.2 Å². The Kier molecular flexibility index (Phi) is 9.39. The van der Waals surface area contributed by atoms with Gasteiger partial charge in [0, 0.05) is 13.1 Å². The summed E-state index contributed by atoms with van der Waals surface area (Å²) in [6.45, 7) is 7.06. The van der Waals surface area contributed by atoms with E-state index in [2.05, 4.69) is 12.2 Å². The molecule has 2 rings (SSSR count). The molecule has 162 valence electrons. The largest absolute Gasteiger partial charge is 0.497 e. The van der Waals surface area contributed by atoms with Crippen LogP contribution in [-0.4, -0.2) is 36.4 Å². The molecule has 0 aliphatic rings. The summed E-state index contributed by atoms with van der Waals surface area (Å²) in [6.07, 6.45) is 2.78. The number of aryl methyl sites for hydroxylation is 1. The molecule has 2 aromatic rings. The van der Waals surface area contributed by atoms with Crippen LogP contribution in [0.3, 0.4) is 0 Å². The second kappa shape index (κ2) is 12.0. The number of amides is 2. The van der Waals surface area contributed by atoms with E-state index in [9.17, 15) is 9.59 Å². The van der Waals surface area contributed by atoms with E-state index in [-0.39, 0.29) is 18.2 Å². The first kappa shape index (κ1) is 23.5. The summed E-state index contributed by atoms with van der Waals surface area (Å²) in [4.78, 5) is 27.9. The molecule has 0 aromatic heterocycles. The predicted octanol–water partition coefficient (Wildman–Crippen LogP) is 4.27. The van der Waals surface area contributed by atoms with Crippen LogP contribution in [0.15, 0.2) is 48.5 Å². The number of carbonyl (C=O) groups excluding carboxylic acids is 2. The minimum atomic E-state index is -0.500. The van der Waals surface area contributed by atoms with Gasteiger partial charge in [-0.15, -0.1) is 0 Å². The predicted molar refractivity (Wildman–Crippen MR) is 120 cm³/mol. The maximum Gasteiger partial charge on any atom is 0.242 e. The highest BCUT2D eigenvalue weighted by molar-refractivity contribution is 5.88. The molecule has 0 saturated carbocycles. The van der Waals surface area contributed by atoms with Crippen molar-refractivity contribution in [2.75, 3.05) is 13.7 Å². The Morgan fingerprint density at radius 3 is 2.37 bits per heavy atom. The van der Waals surface area contributed by atoms with E-state index >= 15 is 0 Å². The van der Waals surface area contributed by atoms with Crippen LogP contribution < -0.4 is 10.1 Å². The van der Waals surface area contributed by atoms with Crippen molar-refractivity contribution < 1.29 is 14.3 Å². The molecule has 0 fully saturated rings. The molecule has 0 aliphatic heterocycles. The minimum Gasteiger partial charge on any atom is -0.497 e. The summed E-state index contributed by atoms with van der Waals surface area (Å²) in [5, 5.41) is 3.00. The van der Waals surface area contributed by atoms with Crippen molar-refractivity contribution in [3.05, 3.63) is 65.2 Å². The van der Waals surface area contributed by atoms with E-state index in [1.807, 2.05) is 62.4 Å². The van der Waals surface area contributed by atoms with Crippen LogP contribution in [0.1, 0.15) is 49.8 Å². The van der Waals surface area contributed by atoms with Crippen molar-refractivity contribution in [2.45, 2.75) is 59.0 Å². The molecule has 0 bridgehead atoms. The van der Waals surface area contributed by atoms with E-state index in [4.69, 9.17) is 4.74 Å². The van der Waals surface area contributed by atoms with Crippen molar-refractivity contribution in [1.29, 1.82) is 0 Å². The average molecular weight is 411 g/mol. The lowest BCUT2D eigenvalue weighted by Gasteiger charge is -2.31. The summed E-state index contributed by atoms with van der Waals surface area (Å²) in [5.41, 5.74) is 3.04. The van der Waals surface area contributed by atoms with Crippen molar-refractivity contribution >= 4 is 11.8 Å². The Morgan fingerprint density at radius 1 is 1.07 bits per heavy atom. The molecule has 0 spiro atoms. The van der Waals surface area contributed by atoms with Gasteiger partial charge in [-0.25, -0.2) is 0 Å². The molecule has 0 heterocycles.